The molecule has 0 spiro atoms. The Hall–Kier alpha value is -1.94. The number of nitrogens with one attached hydrogen (secondary N) is 1. The summed E-state index contributed by atoms with van der Waals surface area (Å²) >= 11 is 0. The molecule has 1 aromatic carbocycles. The van der Waals surface area contributed by atoms with Crippen LogP contribution in [0.3, 0.4) is 0 Å². The highest BCUT2D eigenvalue weighted by atomic mass is 16.5. The van der Waals surface area contributed by atoms with Crippen molar-refractivity contribution in [1.29, 1.82) is 0 Å². The summed E-state index contributed by atoms with van der Waals surface area (Å²) in [7, 11) is 1.92. The Balaban J connectivity index is 1.85. The first-order valence-electron chi connectivity index (χ1n) is 6.98. The number of aryl methyl sites for hydroxylation is 1. The molecule has 1 aromatic heterocycles. The topological polar surface area (TPSA) is 47.0 Å². The number of nitrogens with zero attached hydrogens (tertiary/aromatic N) is 2. The van der Waals surface area contributed by atoms with Crippen LogP contribution < -0.4 is 10.1 Å². The second kappa shape index (κ2) is 5.59. The minimum Gasteiger partial charge on any atom is -0.490 e. The first kappa shape index (κ1) is 13.1. The normalized spacial score (nSPS) is 15.9. The van der Waals surface area contributed by atoms with E-state index in [1.165, 1.54) is 12.8 Å². The van der Waals surface area contributed by atoms with Crippen LogP contribution in [0.2, 0.25) is 0 Å². The largest absolute Gasteiger partial charge is 0.490 e. The van der Waals surface area contributed by atoms with Crippen LogP contribution in [0.4, 0.5) is 0 Å². The van der Waals surface area contributed by atoms with Crippen LogP contribution in [0.1, 0.15) is 35.8 Å². The van der Waals surface area contributed by atoms with Crippen LogP contribution in [-0.4, -0.2) is 23.1 Å². The van der Waals surface area contributed by atoms with E-state index in [2.05, 4.69) is 27.4 Å². The van der Waals surface area contributed by atoms with Crippen LogP contribution in [0.15, 0.2) is 36.7 Å². The molecule has 0 saturated heterocycles. The highest BCUT2D eigenvalue weighted by Gasteiger charge is 2.24. The fourth-order valence-corrected chi connectivity index (χ4v) is 2.14. The Morgan fingerprint density at radius 2 is 2.00 bits per heavy atom. The summed E-state index contributed by atoms with van der Waals surface area (Å²) in [5, 5.41) is 3.27. The van der Waals surface area contributed by atoms with Gasteiger partial charge in [-0.1, -0.05) is 12.1 Å². The van der Waals surface area contributed by atoms with Gasteiger partial charge in [0.25, 0.3) is 0 Å². The number of benzene rings is 1. The zero-order valence-corrected chi connectivity index (χ0v) is 11.8. The number of ether oxygens (including phenoxy) is 1. The maximum absolute atomic E-state index is 5.85. The van der Waals surface area contributed by atoms with Crippen LogP contribution in [-0.2, 0) is 0 Å². The molecule has 1 aliphatic carbocycles. The molecule has 1 fully saturated rings. The smallest absolute Gasteiger partial charge is 0.149 e. The number of rotatable bonds is 5. The molecule has 0 amide bonds. The monoisotopic (exact) mass is 269 g/mol. The van der Waals surface area contributed by atoms with Crippen LogP contribution in [0.5, 0.6) is 5.75 Å². The molecule has 1 unspecified atom stereocenters. The van der Waals surface area contributed by atoms with Gasteiger partial charge in [0.2, 0.25) is 0 Å². The van der Waals surface area contributed by atoms with Gasteiger partial charge in [0.1, 0.15) is 11.6 Å². The predicted molar refractivity (Wildman–Crippen MR) is 77.8 cm³/mol. The first-order chi connectivity index (χ1) is 9.76. The Morgan fingerprint density at radius 3 is 2.65 bits per heavy atom. The van der Waals surface area contributed by atoms with Gasteiger partial charge in [-0.2, -0.15) is 0 Å². The quantitative estimate of drug-likeness (QED) is 0.906. The minimum absolute atomic E-state index is 0.0154. The third-order valence-electron chi connectivity index (χ3n) is 3.37. The summed E-state index contributed by atoms with van der Waals surface area (Å²) in [4.78, 5) is 8.83. The minimum atomic E-state index is -0.0154. The summed E-state index contributed by atoms with van der Waals surface area (Å²) < 4.78 is 5.85. The van der Waals surface area contributed by atoms with Gasteiger partial charge in [-0.15, -0.1) is 0 Å². The van der Waals surface area contributed by atoms with E-state index < -0.39 is 0 Å². The fourth-order valence-electron chi connectivity index (χ4n) is 2.14. The van der Waals surface area contributed by atoms with Crippen molar-refractivity contribution < 1.29 is 4.74 Å². The van der Waals surface area contributed by atoms with Gasteiger partial charge < -0.3 is 10.1 Å². The third kappa shape index (κ3) is 2.96. The first-order valence-corrected chi connectivity index (χ1v) is 6.98. The lowest BCUT2D eigenvalue weighted by Crippen LogP contribution is -2.20. The zero-order chi connectivity index (χ0) is 13.9. The third-order valence-corrected chi connectivity index (χ3v) is 3.37. The van der Waals surface area contributed by atoms with Gasteiger partial charge >= 0.3 is 0 Å². The van der Waals surface area contributed by atoms with Crippen LogP contribution >= 0.6 is 0 Å². The molecule has 2 aromatic rings. The van der Waals surface area contributed by atoms with Gasteiger partial charge in [-0.3, -0.25) is 0 Å². The Kier molecular flexibility index (Phi) is 3.65. The molecule has 1 aliphatic rings. The van der Waals surface area contributed by atoms with E-state index in [0.29, 0.717) is 6.10 Å². The molecule has 4 heteroatoms. The SMILES string of the molecule is CNC(c1cccc(OC2CC2)c1)c1ncc(C)cn1. The molecule has 1 atom stereocenters. The summed E-state index contributed by atoms with van der Waals surface area (Å²) in [6, 6.07) is 8.15. The maximum Gasteiger partial charge on any atom is 0.149 e. The molecule has 0 bridgehead atoms. The molecule has 1 heterocycles. The number of hydrogen-bond donors (Lipinski definition) is 1. The predicted octanol–water partition coefficient (Wildman–Crippen LogP) is 2.64. The van der Waals surface area contributed by atoms with E-state index in [0.717, 1.165) is 22.7 Å². The average Bonchev–Trinajstić information content (AvgIpc) is 3.26. The van der Waals surface area contributed by atoms with Gasteiger partial charge in [0.05, 0.1) is 12.1 Å². The van der Waals surface area contributed by atoms with E-state index in [1.54, 1.807) is 0 Å². The second-order valence-corrected chi connectivity index (χ2v) is 5.23. The maximum atomic E-state index is 5.85. The van der Waals surface area contributed by atoms with E-state index in [4.69, 9.17) is 4.74 Å². The molecule has 3 rings (SSSR count). The van der Waals surface area contributed by atoms with Gasteiger partial charge in [0, 0.05) is 12.4 Å². The standard InChI is InChI=1S/C16H19N3O/c1-11-9-18-16(19-10-11)15(17-2)12-4-3-5-14(8-12)20-13-6-7-13/h3-5,8-10,13,15,17H,6-7H2,1-2H3. The molecular formula is C16H19N3O. The zero-order valence-electron chi connectivity index (χ0n) is 11.8. The van der Waals surface area contributed by atoms with Crippen LogP contribution in [0.25, 0.3) is 0 Å². The molecule has 0 aliphatic heterocycles. The van der Waals surface area contributed by atoms with E-state index in [9.17, 15) is 0 Å². The van der Waals surface area contributed by atoms with Crippen molar-refractivity contribution >= 4 is 0 Å². The lowest BCUT2D eigenvalue weighted by molar-refractivity contribution is 0.302. The highest BCUT2D eigenvalue weighted by Crippen LogP contribution is 2.29. The van der Waals surface area contributed by atoms with Crippen LogP contribution in [0, 0.1) is 6.92 Å². The highest BCUT2D eigenvalue weighted by molar-refractivity contribution is 5.33. The summed E-state index contributed by atoms with van der Waals surface area (Å²) in [5.74, 6) is 1.71. The lowest BCUT2D eigenvalue weighted by Gasteiger charge is -2.16. The van der Waals surface area contributed by atoms with Crippen molar-refractivity contribution in [3.05, 3.63) is 53.6 Å². The molecule has 4 nitrogen and oxygen atoms in total. The summed E-state index contributed by atoms with van der Waals surface area (Å²) in [6.07, 6.45) is 6.43. The van der Waals surface area contributed by atoms with Crippen molar-refractivity contribution in [3.63, 3.8) is 0 Å². The molecule has 20 heavy (non-hydrogen) atoms. The Morgan fingerprint density at radius 1 is 1.25 bits per heavy atom. The average molecular weight is 269 g/mol. The molecule has 0 radical (unpaired) electrons. The van der Waals surface area contributed by atoms with Crippen molar-refractivity contribution in [2.24, 2.45) is 0 Å². The second-order valence-electron chi connectivity index (χ2n) is 5.23. The number of hydrogen-bond acceptors (Lipinski definition) is 4. The fraction of sp³-hybridized carbons (Fsp3) is 0.375. The lowest BCUT2D eigenvalue weighted by atomic mass is 10.1. The van der Waals surface area contributed by atoms with Crippen molar-refractivity contribution in [3.8, 4) is 5.75 Å². The Labute approximate surface area is 119 Å². The molecule has 1 N–H and O–H groups in total. The van der Waals surface area contributed by atoms with Gasteiger partial charge in [0.15, 0.2) is 0 Å². The summed E-state index contributed by atoms with van der Waals surface area (Å²) in [5.41, 5.74) is 2.18. The Bertz CT molecular complexity index is 579. The van der Waals surface area contributed by atoms with Gasteiger partial charge in [-0.25, -0.2) is 9.97 Å². The molecular weight excluding hydrogens is 250 g/mol. The van der Waals surface area contributed by atoms with Crippen molar-refractivity contribution in [2.45, 2.75) is 31.9 Å². The van der Waals surface area contributed by atoms with E-state index in [-0.39, 0.29) is 6.04 Å². The van der Waals surface area contributed by atoms with Crippen molar-refractivity contribution in [2.75, 3.05) is 7.05 Å². The van der Waals surface area contributed by atoms with E-state index >= 15 is 0 Å². The summed E-state index contributed by atoms with van der Waals surface area (Å²) in [6.45, 7) is 1.99. The molecule has 104 valence electrons. The molecule has 1 saturated carbocycles. The van der Waals surface area contributed by atoms with Crippen molar-refractivity contribution in [1.82, 2.24) is 15.3 Å². The van der Waals surface area contributed by atoms with E-state index in [1.807, 2.05) is 38.5 Å². The van der Waals surface area contributed by atoms with Gasteiger partial charge in [-0.05, 0) is 50.1 Å². The number of aromatic nitrogens is 2.